The van der Waals surface area contributed by atoms with Crippen LogP contribution in [0.2, 0.25) is 10.0 Å². The SMILES string of the molecule is COC(=O)Cn1cc(-c2ccc(Cl)cc2Cl)nc1C=Cc1ccc(-c2ccc(O)cc2)cc1. The summed E-state index contributed by atoms with van der Waals surface area (Å²) >= 11 is 12.4. The van der Waals surface area contributed by atoms with Gasteiger partial charge in [-0.3, -0.25) is 4.79 Å². The predicted octanol–water partition coefficient (Wildman–Crippen LogP) is 6.57. The highest BCUT2D eigenvalue weighted by Crippen LogP contribution is 2.30. The number of rotatable bonds is 6. The summed E-state index contributed by atoms with van der Waals surface area (Å²) in [7, 11) is 1.35. The van der Waals surface area contributed by atoms with E-state index in [1.807, 2.05) is 48.6 Å². The molecule has 0 aliphatic heterocycles. The molecule has 0 spiro atoms. The third-order valence-electron chi connectivity index (χ3n) is 5.08. The predicted molar refractivity (Wildman–Crippen MR) is 132 cm³/mol. The standard InChI is InChI=1S/C26H20Cl2N2O3/c1-33-26(32)16-30-15-24(22-12-9-20(27)14-23(22)28)29-25(30)13-4-17-2-5-18(6-3-17)19-7-10-21(31)11-8-19/h2-15,31H,16H2,1H3. The zero-order valence-corrected chi connectivity index (χ0v) is 19.2. The van der Waals surface area contributed by atoms with Gasteiger partial charge in [0, 0.05) is 16.8 Å². The van der Waals surface area contributed by atoms with Crippen molar-refractivity contribution in [3.8, 4) is 28.1 Å². The minimum Gasteiger partial charge on any atom is -0.508 e. The Morgan fingerprint density at radius 1 is 1.00 bits per heavy atom. The van der Waals surface area contributed by atoms with Crippen LogP contribution in [0.4, 0.5) is 0 Å². The Morgan fingerprint density at radius 2 is 1.67 bits per heavy atom. The van der Waals surface area contributed by atoms with Gasteiger partial charge in [-0.2, -0.15) is 0 Å². The molecule has 3 aromatic carbocycles. The molecule has 0 aliphatic carbocycles. The number of methoxy groups -OCH3 is 1. The van der Waals surface area contributed by atoms with E-state index in [4.69, 9.17) is 27.9 Å². The van der Waals surface area contributed by atoms with Crippen molar-refractivity contribution in [3.63, 3.8) is 0 Å². The molecule has 33 heavy (non-hydrogen) atoms. The maximum Gasteiger partial charge on any atom is 0.325 e. The first-order valence-corrected chi connectivity index (χ1v) is 10.9. The lowest BCUT2D eigenvalue weighted by atomic mass is 10.0. The number of carbonyl (C=O) groups is 1. The van der Waals surface area contributed by atoms with Crippen molar-refractivity contribution in [3.05, 3.63) is 94.4 Å². The third-order valence-corrected chi connectivity index (χ3v) is 5.63. The van der Waals surface area contributed by atoms with Crippen LogP contribution >= 0.6 is 23.2 Å². The summed E-state index contributed by atoms with van der Waals surface area (Å²) in [6.45, 7) is 0.0220. The fraction of sp³-hybridized carbons (Fsp3) is 0.0769. The fourth-order valence-electron chi connectivity index (χ4n) is 3.33. The van der Waals surface area contributed by atoms with Crippen molar-refractivity contribution < 1.29 is 14.6 Å². The molecule has 0 saturated heterocycles. The average Bonchev–Trinajstić information content (AvgIpc) is 3.20. The smallest absolute Gasteiger partial charge is 0.325 e. The second-order valence-electron chi connectivity index (χ2n) is 7.31. The van der Waals surface area contributed by atoms with Crippen molar-refractivity contribution in [1.82, 2.24) is 9.55 Å². The van der Waals surface area contributed by atoms with Gasteiger partial charge in [0.15, 0.2) is 0 Å². The molecule has 0 unspecified atom stereocenters. The number of phenols is 1. The molecular formula is C26H20Cl2N2O3. The molecule has 166 valence electrons. The van der Waals surface area contributed by atoms with Gasteiger partial charge in [0.05, 0.1) is 17.8 Å². The molecule has 1 aromatic heterocycles. The van der Waals surface area contributed by atoms with Crippen molar-refractivity contribution in [2.24, 2.45) is 0 Å². The second kappa shape index (κ2) is 9.94. The summed E-state index contributed by atoms with van der Waals surface area (Å²) in [5, 5.41) is 10.5. The molecular weight excluding hydrogens is 459 g/mol. The number of ether oxygens (including phenoxy) is 1. The molecule has 0 radical (unpaired) electrons. The van der Waals surface area contributed by atoms with Gasteiger partial charge < -0.3 is 14.4 Å². The number of phenolic OH excluding ortho intramolecular Hbond substituents is 1. The summed E-state index contributed by atoms with van der Waals surface area (Å²) in [4.78, 5) is 16.6. The number of nitrogens with zero attached hydrogens (tertiary/aromatic N) is 2. The number of aromatic hydroxyl groups is 1. The largest absolute Gasteiger partial charge is 0.508 e. The average molecular weight is 479 g/mol. The van der Waals surface area contributed by atoms with Gasteiger partial charge in [0.2, 0.25) is 0 Å². The Labute approximate surface area is 201 Å². The molecule has 0 fully saturated rings. The highest BCUT2D eigenvalue weighted by atomic mass is 35.5. The minimum absolute atomic E-state index is 0.0220. The number of esters is 1. The van der Waals surface area contributed by atoms with Crippen molar-refractivity contribution in [2.75, 3.05) is 7.11 Å². The third kappa shape index (κ3) is 5.45. The molecule has 4 rings (SSSR count). The van der Waals surface area contributed by atoms with Crippen LogP contribution in [0.3, 0.4) is 0 Å². The summed E-state index contributed by atoms with van der Waals surface area (Å²) in [6.07, 6.45) is 5.52. The first-order valence-electron chi connectivity index (χ1n) is 10.1. The van der Waals surface area contributed by atoms with Gasteiger partial charge in [-0.05, 0) is 53.1 Å². The van der Waals surface area contributed by atoms with Crippen LogP contribution in [-0.2, 0) is 16.1 Å². The Hall–Kier alpha value is -3.54. The van der Waals surface area contributed by atoms with E-state index in [1.165, 1.54) is 7.11 Å². The Morgan fingerprint density at radius 3 is 2.30 bits per heavy atom. The lowest BCUT2D eigenvalue weighted by Crippen LogP contribution is -2.11. The summed E-state index contributed by atoms with van der Waals surface area (Å²) in [5.74, 6) is 0.443. The van der Waals surface area contributed by atoms with Crippen LogP contribution in [0.1, 0.15) is 11.4 Å². The van der Waals surface area contributed by atoms with E-state index in [0.29, 0.717) is 21.6 Å². The van der Waals surface area contributed by atoms with E-state index in [2.05, 4.69) is 4.98 Å². The molecule has 5 nitrogen and oxygen atoms in total. The van der Waals surface area contributed by atoms with Gasteiger partial charge in [-0.1, -0.05) is 65.7 Å². The quantitative estimate of drug-likeness (QED) is 0.318. The number of aromatic nitrogens is 2. The van der Waals surface area contributed by atoms with E-state index in [9.17, 15) is 9.90 Å². The molecule has 4 aromatic rings. The van der Waals surface area contributed by atoms with E-state index in [-0.39, 0.29) is 18.3 Å². The van der Waals surface area contributed by atoms with Crippen molar-refractivity contribution >= 4 is 41.3 Å². The molecule has 1 heterocycles. The summed E-state index contributed by atoms with van der Waals surface area (Å²) < 4.78 is 6.53. The van der Waals surface area contributed by atoms with Gasteiger partial charge in [0.25, 0.3) is 0 Å². The number of hydrogen-bond acceptors (Lipinski definition) is 4. The van der Waals surface area contributed by atoms with Gasteiger partial charge in [-0.15, -0.1) is 0 Å². The molecule has 7 heteroatoms. The van der Waals surface area contributed by atoms with Gasteiger partial charge in [0.1, 0.15) is 18.1 Å². The van der Waals surface area contributed by atoms with Crippen LogP contribution < -0.4 is 0 Å². The number of benzene rings is 3. The Balaban J connectivity index is 1.62. The lowest BCUT2D eigenvalue weighted by molar-refractivity contribution is -0.141. The van der Waals surface area contributed by atoms with E-state index in [1.54, 1.807) is 41.1 Å². The maximum atomic E-state index is 11.9. The molecule has 1 N–H and O–H groups in total. The zero-order chi connectivity index (χ0) is 23.4. The molecule has 0 bridgehead atoms. The number of imidazole rings is 1. The number of carbonyl (C=O) groups excluding carboxylic acids is 1. The van der Waals surface area contributed by atoms with Crippen LogP contribution in [-0.4, -0.2) is 27.7 Å². The first kappa shape index (κ1) is 22.6. The van der Waals surface area contributed by atoms with Crippen molar-refractivity contribution in [2.45, 2.75) is 6.54 Å². The first-order chi connectivity index (χ1) is 15.9. The summed E-state index contributed by atoms with van der Waals surface area (Å²) in [5.41, 5.74) is 4.37. The topological polar surface area (TPSA) is 64.4 Å². The summed E-state index contributed by atoms with van der Waals surface area (Å²) in [6, 6.07) is 20.2. The van der Waals surface area contributed by atoms with Crippen LogP contribution in [0.25, 0.3) is 34.5 Å². The molecule has 0 aliphatic rings. The van der Waals surface area contributed by atoms with E-state index < -0.39 is 0 Å². The number of halogens is 2. The van der Waals surface area contributed by atoms with Crippen LogP contribution in [0, 0.1) is 0 Å². The Kier molecular flexibility index (Phi) is 6.82. The highest BCUT2D eigenvalue weighted by Gasteiger charge is 2.13. The molecule has 0 amide bonds. The lowest BCUT2D eigenvalue weighted by Gasteiger charge is -2.04. The van der Waals surface area contributed by atoms with Crippen LogP contribution in [0.15, 0.2) is 72.9 Å². The van der Waals surface area contributed by atoms with Gasteiger partial charge in [-0.25, -0.2) is 4.98 Å². The second-order valence-corrected chi connectivity index (χ2v) is 8.16. The van der Waals surface area contributed by atoms with Gasteiger partial charge >= 0.3 is 5.97 Å². The normalized spacial score (nSPS) is 11.1. The maximum absolute atomic E-state index is 11.9. The Bertz CT molecular complexity index is 1310. The number of hydrogen-bond donors (Lipinski definition) is 1. The van der Waals surface area contributed by atoms with Crippen LogP contribution in [0.5, 0.6) is 5.75 Å². The van der Waals surface area contributed by atoms with E-state index >= 15 is 0 Å². The fourth-order valence-corrected chi connectivity index (χ4v) is 3.84. The minimum atomic E-state index is -0.381. The van der Waals surface area contributed by atoms with E-state index in [0.717, 1.165) is 22.3 Å². The molecule has 0 saturated carbocycles. The van der Waals surface area contributed by atoms with Crippen molar-refractivity contribution in [1.29, 1.82) is 0 Å². The molecule has 0 atom stereocenters. The highest BCUT2D eigenvalue weighted by molar-refractivity contribution is 6.36. The zero-order valence-electron chi connectivity index (χ0n) is 17.7. The monoisotopic (exact) mass is 478 g/mol.